The topological polar surface area (TPSA) is 46.9 Å². The summed E-state index contributed by atoms with van der Waals surface area (Å²) in [7, 11) is 0. The van der Waals surface area contributed by atoms with Gasteiger partial charge in [-0.2, -0.15) is 5.10 Å². The van der Waals surface area contributed by atoms with Crippen LogP contribution in [0, 0.1) is 6.92 Å². The molecule has 94 valence electrons. The Morgan fingerprint density at radius 2 is 2.24 bits per heavy atom. The Balaban J connectivity index is 1.84. The van der Waals surface area contributed by atoms with Crippen LogP contribution in [0.1, 0.15) is 37.8 Å². The molecule has 1 aromatic rings. The van der Waals surface area contributed by atoms with Crippen LogP contribution in [0.4, 0.5) is 0 Å². The molecule has 1 aliphatic rings. The van der Waals surface area contributed by atoms with Crippen molar-refractivity contribution >= 4 is 21.8 Å². The number of aryl methyl sites for hydroxylation is 1. The Labute approximate surface area is 110 Å². The van der Waals surface area contributed by atoms with Crippen molar-refractivity contribution in [3.8, 4) is 0 Å². The number of carbonyl (C=O) groups excluding carboxylic acids is 1. The lowest BCUT2D eigenvalue weighted by Crippen LogP contribution is -2.38. The van der Waals surface area contributed by atoms with E-state index >= 15 is 0 Å². The van der Waals surface area contributed by atoms with E-state index in [2.05, 4.69) is 26.3 Å². The molecule has 1 saturated carbocycles. The molecule has 1 aliphatic carbocycles. The fraction of sp³-hybridized carbons (Fsp3) is 0.667. The van der Waals surface area contributed by atoms with Crippen molar-refractivity contribution in [3.05, 3.63) is 16.4 Å². The highest BCUT2D eigenvalue weighted by atomic mass is 79.9. The van der Waals surface area contributed by atoms with Crippen molar-refractivity contribution in [2.24, 2.45) is 0 Å². The van der Waals surface area contributed by atoms with Crippen LogP contribution in [-0.4, -0.2) is 21.7 Å². The van der Waals surface area contributed by atoms with E-state index in [0.29, 0.717) is 12.6 Å². The Kier molecular flexibility index (Phi) is 4.20. The zero-order chi connectivity index (χ0) is 12.3. The lowest BCUT2D eigenvalue weighted by atomic mass is 9.95. The number of rotatable bonds is 3. The number of nitrogens with zero attached hydrogens (tertiary/aromatic N) is 2. The van der Waals surface area contributed by atoms with Gasteiger partial charge >= 0.3 is 0 Å². The molecule has 0 radical (unpaired) electrons. The van der Waals surface area contributed by atoms with Gasteiger partial charge in [-0.15, -0.1) is 0 Å². The van der Waals surface area contributed by atoms with Gasteiger partial charge in [-0.1, -0.05) is 19.3 Å². The standard InChI is InChI=1S/C12H18BrN3O/c1-9-11(13)7-16(15-9)8-12(17)14-10-5-3-2-4-6-10/h7,10H,2-6,8H2,1H3,(H,14,17). The third kappa shape index (κ3) is 3.56. The smallest absolute Gasteiger partial charge is 0.241 e. The minimum Gasteiger partial charge on any atom is -0.352 e. The van der Waals surface area contributed by atoms with Crippen LogP contribution in [-0.2, 0) is 11.3 Å². The highest BCUT2D eigenvalue weighted by Crippen LogP contribution is 2.17. The third-order valence-corrected chi connectivity index (χ3v) is 3.94. The number of amides is 1. The quantitative estimate of drug-likeness (QED) is 0.932. The van der Waals surface area contributed by atoms with Gasteiger partial charge < -0.3 is 5.32 Å². The molecule has 0 unspecified atom stereocenters. The van der Waals surface area contributed by atoms with Crippen LogP contribution in [0.15, 0.2) is 10.7 Å². The van der Waals surface area contributed by atoms with Gasteiger partial charge in [0.2, 0.25) is 5.91 Å². The second kappa shape index (κ2) is 5.67. The van der Waals surface area contributed by atoms with Crippen LogP contribution < -0.4 is 5.32 Å². The van der Waals surface area contributed by atoms with Crippen molar-refractivity contribution < 1.29 is 4.79 Å². The first-order valence-corrected chi connectivity index (χ1v) is 6.93. The van der Waals surface area contributed by atoms with Crippen LogP contribution >= 0.6 is 15.9 Å². The zero-order valence-corrected chi connectivity index (χ0v) is 11.7. The molecule has 1 aromatic heterocycles. The van der Waals surface area contributed by atoms with Crippen LogP contribution in [0.25, 0.3) is 0 Å². The predicted molar refractivity (Wildman–Crippen MR) is 69.7 cm³/mol. The fourth-order valence-electron chi connectivity index (χ4n) is 2.24. The summed E-state index contributed by atoms with van der Waals surface area (Å²) < 4.78 is 2.63. The number of aromatic nitrogens is 2. The van der Waals surface area contributed by atoms with Gasteiger partial charge in [-0.3, -0.25) is 9.48 Å². The second-order valence-electron chi connectivity index (χ2n) is 4.66. The average Bonchev–Trinajstić information content (AvgIpc) is 2.59. The minimum atomic E-state index is 0.0619. The largest absolute Gasteiger partial charge is 0.352 e. The van der Waals surface area contributed by atoms with Gasteiger partial charge in [-0.25, -0.2) is 0 Å². The molecule has 1 heterocycles. The van der Waals surface area contributed by atoms with Gasteiger partial charge in [0.05, 0.1) is 10.2 Å². The summed E-state index contributed by atoms with van der Waals surface area (Å²) in [4.78, 5) is 11.8. The fourth-order valence-corrected chi connectivity index (χ4v) is 2.56. The van der Waals surface area contributed by atoms with Gasteiger partial charge in [0.15, 0.2) is 0 Å². The molecule has 2 rings (SSSR count). The summed E-state index contributed by atoms with van der Waals surface area (Å²) in [6.45, 7) is 2.22. The molecule has 4 nitrogen and oxygen atoms in total. The van der Waals surface area contributed by atoms with E-state index in [4.69, 9.17) is 0 Å². The first-order valence-electron chi connectivity index (χ1n) is 6.14. The number of halogens is 1. The van der Waals surface area contributed by atoms with Crippen LogP contribution in [0.3, 0.4) is 0 Å². The summed E-state index contributed by atoms with van der Waals surface area (Å²) in [5.74, 6) is 0.0619. The molecule has 17 heavy (non-hydrogen) atoms. The third-order valence-electron chi connectivity index (χ3n) is 3.16. The molecule has 5 heteroatoms. The molecule has 1 N–H and O–H groups in total. The molecule has 1 fully saturated rings. The molecular formula is C12H18BrN3O. The lowest BCUT2D eigenvalue weighted by Gasteiger charge is -2.22. The molecule has 1 amide bonds. The van der Waals surface area contributed by atoms with E-state index in [1.807, 2.05) is 13.1 Å². The first kappa shape index (κ1) is 12.6. The van der Waals surface area contributed by atoms with Crippen molar-refractivity contribution in [2.75, 3.05) is 0 Å². The van der Waals surface area contributed by atoms with Gasteiger partial charge in [0.1, 0.15) is 6.54 Å². The average molecular weight is 300 g/mol. The summed E-state index contributed by atoms with van der Waals surface area (Å²) in [6, 6.07) is 0.372. The predicted octanol–water partition coefficient (Wildman–Crippen LogP) is 2.40. The van der Waals surface area contributed by atoms with E-state index in [0.717, 1.165) is 23.0 Å². The van der Waals surface area contributed by atoms with Crippen molar-refractivity contribution in [1.82, 2.24) is 15.1 Å². The van der Waals surface area contributed by atoms with E-state index in [1.54, 1.807) is 4.68 Å². The molecule has 0 saturated heterocycles. The minimum absolute atomic E-state index is 0.0619. The Bertz CT molecular complexity index is 377. The Morgan fingerprint density at radius 1 is 1.53 bits per heavy atom. The summed E-state index contributed by atoms with van der Waals surface area (Å²) >= 11 is 3.39. The summed E-state index contributed by atoms with van der Waals surface area (Å²) in [5.41, 5.74) is 0.912. The highest BCUT2D eigenvalue weighted by Gasteiger charge is 2.16. The maximum atomic E-state index is 11.8. The number of nitrogens with one attached hydrogen (secondary N) is 1. The molecule has 0 aromatic carbocycles. The normalized spacial score (nSPS) is 17.1. The molecule has 0 bridgehead atoms. The highest BCUT2D eigenvalue weighted by molar-refractivity contribution is 9.10. The number of carbonyl (C=O) groups is 1. The van der Waals surface area contributed by atoms with Crippen molar-refractivity contribution in [2.45, 2.75) is 51.6 Å². The molecular weight excluding hydrogens is 282 g/mol. The second-order valence-corrected chi connectivity index (χ2v) is 5.52. The molecule has 0 atom stereocenters. The van der Waals surface area contributed by atoms with Gasteiger partial charge in [0, 0.05) is 12.2 Å². The Morgan fingerprint density at radius 3 is 2.82 bits per heavy atom. The van der Waals surface area contributed by atoms with Crippen molar-refractivity contribution in [3.63, 3.8) is 0 Å². The maximum absolute atomic E-state index is 11.8. The van der Waals surface area contributed by atoms with Crippen LogP contribution in [0.5, 0.6) is 0 Å². The van der Waals surface area contributed by atoms with E-state index < -0.39 is 0 Å². The Hall–Kier alpha value is -0.840. The molecule has 0 spiro atoms. The van der Waals surface area contributed by atoms with E-state index in [-0.39, 0.29) is 5.91 Å². The summed E-state index contributed by atoms with van der Waals surface area (Å²) in [6.07, 6.45) is 7.85. The van der Waals surface area contributed by atoms with Crippen molar-refractivity contribution in [1.29, 1.82) is 0 Å². The van der Waals surface area contributed by atoms with Gasteiger partial charge in [0.25, 0.3) is 0 Å². The summed E-state index contributed by atoms with van der Waals surface area (Å²) in [5, 5.41) is 7.33. The lowest BCUT2D eigenvalue weighted by molar-refractivity contribution is -0.122. The number of hydrogen-bond acceptors (Lipinski definition) is 2. The van der Waals surface area contributed by atoms with Crippen LogP contribution in [0.2, 0.25) is 0 Å². The van der Waals surface area contributed by atoms with E-state index in [1.165, 1.54) is 19.3 Å². The molecule has 0 aliphatic heterocycles. The monoisotopic (exact) mass is 299 g/mol. The van der Waals surface area contributed by atoms with Gasteiger partial charge in [-0.05, 0) is 35.7 Å². The SMILES string of the molecule is Cc1nn(CC(=O)NC2CCCCC2)cc1Br. The first-order chi connectivity index (χ1) is 8.15. The maximum Gasteiger partial charge on any atom is 0.241 e. The zero-order valence-electron chi connectivity index (χ0n) is 10.1. The number of hydrogen-bond donors (Lipinski definition) is 1. The van der Waals surface area contributed by atoms with E-state index in [9.17, 15) is 4.79 Å².